The lowest BCUT2D eigenvalue weighted by molar-refractivity contribution is -0.132. The standard InChI is InChI=1S/C20H21N3O3/c21-15-8-9-16-17(12-15)26-19(14-6-2-1-3-7-14)20(25)23(16)13-18(24)22-10-4-5-11-22/h1-3,6-9,12,19H,4-5,10-11,13,21H2. The number of hydrogen-bond donors (Lipinski definition) is 1. The minimum absolute atomic E-state index is 0.0163. The molecule has 4 rings (SSSR count). The molecule has 0 aliphatic carbocycles. The normalized spacial score (nSPS) is 19.2. The van der Waals surface area contributed by atoms with Crippen LogP contribution in [0.4, 0.5) is 11.4 Å². The molecule has 134 valence electrons. The zero-order valence-corrected chi connectivity index (χ0v) is 14.4. The molecule has 1 saturated heterocycles. The maximum Gasteiger partial charge on any atom is 0.273 e. The van der Waals surface area contributed by atoms with Crippen molar-refractivity contribution in [1.29, 1.82) is 0 Å². The first-order chi connectivity index (χ1) is 12.6. The Balaban J connectivity index is 1.68. The second-order valence-electron chi connectivity index (χ2n) is 6.65. The molecule has 1 fully saturated rings. The van der Waals surface area contributed by atoms with Crippen LogP contribution in [0.2, 0.25) is 0 Å². The Bertz CT molecular complexity index is 831. The van der Waals surface area contributed by atoms with Gasteiger partial charge in [-0.2, -0.15) is 0 Å². The van der Waals surface area contributed by atoms with Gasteiger partial charge in [-0.3, -0.25) is 14.5 Å². The van der Waals surface area contributed by atoms with Gasteiger partial charge in [-0.05, 0) is 25.0 Å². The number of benzene rings is 2. The van der Waals surface area contributed by atoms with Crippen molar-refractivity contribution in [2.24, 2.45) is 0 Å². The molecule has 6 nitrogen and oxygen atoms in total. The zero-order chi connectivity index (χ0) is 18.1. The van der Waals surface area contributed by atoms with Gasteiger partial charge in [0.25, 0.3) is 5.91 Å². The van der Waals surface area contributed by atoms with E-state index in [2.05, 4.69) is 0 Å². The van der Waals surface area contributed by atoms with E-state index in [9.17, 15) is 9.59 Å². The molecule has 1 atom stereocenters. The lowest BCUT2D eigenvalue weighted by Crippen LogP contribution is -2.47. The van der Waals surface area contributed by atoms with Gasteiger partial charge >= 0.3 is 0 Å². The lowest BCUT2D eigenvalue weighted by Gasteiger charge is -2.35. The van der Waals surface area contributed by atoms with Gasteiger partial charge in [0.1, 0.15) is 12.3 Å². The summed E-state index contributed by atoms with van der Waals surface area (Å²) in [5.41, 5.74) is 7.78. The van der Waals surface area contributed by atoms with Crippen molar-refractivity contribution in [3.8, 4) is 5.75 Å². The zero-order valence-electron chi connectivity index (χ0n) is 14.4. The Morgan fingerprint density at radius 2 is 1.85 bits per heavy atom. The Kier molecular flexibility index (Phi) is 4.24. The van der Waals surface area contributed by atoms with Gasteiger partial charge in [0.05, 0.1) is 5.69 Å². The summed E-state index contributed by atoms with van der Waals surface area (Å²) in [5, 5.41) is 0. The average Bonchev–Trinajstić information content (AvgIpc) is 3.19. The summed E-state index contributed by atoms with van der Waals surface area (Å²) in [4.78, 5) is 29.1. The van der Waals surface area contributed by atoms with Crippen molar-refractivity contribution in [3.05, 3.63) is 54.1 Å². The maximum absolute atomic E-state index is 13.1. The molecule has 0 saturated carbocycles. The number of ether oxygens (including phenoxy) is 1. The molecular weight excluding hydrogens is 330 g/mol. The summed E-state index contributed by atoms with van der Waals surface area (Å²) in [7, 11) is 0. The summed E-state index contributed by atoms with van der Waals surface area (Å²) >= 11 is 0. The van der Waals surface area contributed by atoms with Crippen LogP contribution in [0.15, 0.2) is 48.5 Å². The summed E-state index contributed by atoms with van der Waals surface area (Å²) in [6.07, 6.45) is 1.25. The number of carbonyl (C=O) groups excluding carboxylic acids is 2. The molecule has 2 amide bonds. The van der Waals surface area contributed by atoms with Crippen molar-refractivity contribution >= 4 is 23.2 Å². The van der Waals surface area contributed by atoms with Gasteiger partial charge in [0, 0.05) is 30.4 Å². The Labute approximate surface area is 152 Å². The predicted molar refractivity (Wildman–Crippen MR) is 98.8 cm³/mol. The third kappa shape index (κ3) is 2.98. The molecule has 0 aromatic heterocycles. The first-order valence-corrected chi connectivity index (χ1v) is 8.84. The number of likely N-dealkylation sites (tertiary alicyclic amines) is 1. The van der Waals surface area contributed by atoms with E-state index in [4.69, 9.17) is 10.5 Å². The predicted octanol–water partition coefficient (Wildman–Crippen LogP) is 2.36. The maximum atomic E-state index is 13.1. The Morgan fingerprint density at radius 1 is 1.12 bits per heavy atom. The van der Waals surface area contributed by atoms with Gasteiger partial charge in [0.2, 0.25) is 12.0 Å². The highest BCUT2D eigenvalue weighted by Crippen LogP contribution is 2.40. The first kappa shape index (κ1) is 16.4. The van der Waals surface area contributed by atoms with Crippen LogP contribution in [-0.2, 0) is 9.59 Å². The van der Waals surface area contributed by atoms with Crippen LogP contribution in [-0.4, -0.2) is 36.3 Å². The van der Waals surface area contributed by atoms with Crippen LogP contribution in [0.3, 0.4) is 0 Å². The number of carbonyl (C=O) groups is 2. The summed E-state index contributed by atoms with van der Waals surface area (Å²) in [6.45, 7) is 1.53. The van der Waals surface area contributed by atoms with Crippen molar-refractivity contribution in [3.63, 3.8) is 0 Å². The van der Waals surface area contributed by atoms with E-state index in [1.165, 1.54) is 4.90 Å². The van der Waals surface area contributed by atoms with E-state index in [0.29, 0.717) is 17.1 Å². The van der Waals surface area contributed by atoms with Crippen LogP contribution in [0.1, 0.15) is 24.5 Å². The summed E-state index contributed by atoms with van der Waals surface area (Å²) in [5.74, 6) is 0.251. The van der Waals surface area contributed by atoms with Crippen molar-refractivity contribution in [2.75, 3.05) is 30.3 Å². The molecule has 0 radical (unpaired) electrons. The van der Waals surface area contributed by atoms with Crippen LogP contribution in [0.5, 0.6) is 5.75 Å². The number of nitrogen functional groups attached to an aromatic ring is 1. The Hall–Kier alpha value is -3.02. The molecule has 1 unspecified atom stereocenters. The number of fused-ring (bicyclic) bond motifs is 1. The second kappa shape index (κ2) is 6.71. The molecular formula is C20H21N3O3. The van der Waals surface area contributed by atoms with E-state index < -0.39 is 6.10 Å². The molecule has 0 bridgehead atoms. The Morgan fingerprint density at radius 3 is 2.58 bits per heavy atom. The molecule has 2 N–H and O–H groups in total. The fourth-order valence-electron chi connectivity index (χ4n) is 3.49. The lowest BCUT2D eigenvalue weighted by atomic mass is 10.1. The van der Waals surface area contributed by atoms with Crippen LogP contribution in [0, 0.1) is 0 Å². The van der Waals surface area contributed by atoms with E-state index in [1.54, 1.807) is 18.2 Å². The van der Waals surface area contributed by atoms with E-state index in [0.717, 1.165) is 31.5 Å². The van der Waals surface area contributed by atoms with Crippen LogP contribution in [0.25, 0.3) is 0 Å². The minimum Gasteiger partial charge on any atom is -0.474 e. The number of nitrogens with zero attached hydrogens (tertiary/aromatic N) is 2. The van der Waals surface area contributed by atoms with Crippen molar-refractivity contribution in [1.82, 2.24) is 4.90 Å². The molecule has 26 heavy (non-hydrogen) atoms. The van der Waals surface area contributed by atoms with E-state index >= 15 is 0 Å². The number of rotatable bonds is 3. The highest BCUT2D eigenvalue weighted by Gasteiger charge is 2.37. The van der Waals surface area contributed by atoms with Crippen molar-refractivity contribution in [2.45, 2.75) is 18.9 Å². The third-order valence-electron chi connectivity index (χ3n) is 4.86. The van der Waals surface area contributed by atoms with E-state index in [-0.39, 0.29) is 18.4 Å². The number of amides is 2. The summed E-state index contributed by atoms with van der Waals surface area (Å²) < 4.78 is 5.95. The molecule has 2 heterocycles. The number of nitrogens with two attached hydrogens (primary N) is 1. The number of anilines is 2. The van der Waals surface area contributed by atoms with Gasteiger partial charge in [-0.25, -0.2) is 0 Å². The molecule has 6 heteroatoms. The monoisotopic (exact) mass is 351 g/mol. The van der Waals surface area contributed by atoms with Crippen LogP contribution < -0.4 is 15.4 Å². The first-order valence-electron chi connectivity index (χ1n) is 8.84. The SMILES string of the molecule is Nc1ccc2c(c1)OC(c1ccccc1)C(=O)N2CC(=O)N1CCCC1. The molecule has 2 aliphatic heterocycles. The smallest absolute Gasteiger partial charge is 0.273 e. The van der Waals surface area contributed by atoms with Crippen molar-refractivity contribution < 1.29 is 14.3 Å². The number of hydrogen-bond acceptors (Lipinski definition) is 4. The fourth-order valence-corrected chi connectivity index (χ4v) is 3.49. The fraction of sp³-hybridized carbons (Fsp3) is 0.300. The quantitative estimate of drug-likeness (QED) is 0.862. The molecule has 2 aromatic rings. The largest absolute Gasteiger partial charge is 0.474 e. The van der Waals surface area contributed by atoms with E-state index in [1.807, 2.05) is 35.2 Å². The molecule has 2 aromatic carbocycles. The third-order valence-corrected chi connectivity index (χ3v) is 4.86. The molecule has 2 aliphatic rings. The van der Waals surface area contributed by atoms with Gasteiger partial charge < -0.3 is 15.4 Å². The molecule has 0 spiro atoms. The van der Waals surface area contributed by atoms with Crippen LogP contribution >= 0.6 is 0 Å². The highest BCUT2D eigenvalue weighted by molar-refractivity contribution is 6.04. The minimum atomic E-state index is -0.781. The second-order valence-corrected chi connectivity index (χ2v) is 6.65. The van der Waals surface area contributed by atoms with Gasteiger partial charge in [-0.15, -0.1) is 0 Å². The van der Waals surface area contributed by atoms with Gasteiger partial charge in [0.15, 0.2) is 0 Å². The summed E-state index contributed by atoms with van der Waals surface area (Å²) in [6, 6.07) is 14.5. The highest BCUT2D eigenvalue weighted by atomic mass is 16.5. The topological polar surface area (TPSA) is 75.9 Å². The average molecular weight is 351 g/mol. The van der Waals surface area contributed by atoms with Gasteiger partial charge in [-0.1, -0.05) is 30.3 Å².